The van der Waals surface area contributed by atoms with Crippen LogP contribution < -0.4 is 19.3 Å². The number of hydrogen-bond acceptors (Lipinski definition) is 9. The number of nitrogens with one attached hydrogen (secondary N) is 1. The van der Waals surface area contributed by atoms with Crippen LogP contribution in [0.15, 0.2) is 126 Å². The summed E-state index contributed by atoms with van der Waals surface area (Å²) in [4.78, 5) is 37.4. The van der Waals surface area contributed by atoms with E-state index in [1.807, 2.05) is 13.0 Å². The minimum atomic E-state index is -4.90. The number of hydrogen-bond donors (Lipinski definition) is 4. The number of nitrogens with zero attached hydrogens (tertiary/aromatic N) is 1. The van der Waals surface area contributed by atoms with Crippen LogP contribution in [0.25, 0.3) is 0 Å². The van der Waals surface area contributed by atoms with Crippen LogP contribution in [0, 0.1) is 0 Å². The van der Waals surface area contributed by atoms with Gasteiger partial charge in [-0.15, -0.1) is 0 Å². The monoisotopic (exact) mass is 802 g/mol. The number of fused-ring (bicyclic) bond motifs is 2. The molecular formula is C42H48N2O10P2. The number of phosphoric ester groups is 2. The Labute approximate surface area is 328 Å². The van der Waals surface area contributed by atoms with Crippen molar-refractivity contribution in [2.45, 2.75) is 66.6 Å². The lowest BCUT2D eigenvalue weighted by molar-refractivity contribution is 0.0990. The van der Waals surface area contributed by atoms with Gasteiger partial charge < -0.3 is 24.4 Å². The fraction of sp³-hybridized carbons (Fsp3) is 0.262. The van der Waals surface area contributed by atoms with Crippen molar-refractivity contribution in [3.63, 3.8) is 0 Å². The number of carbonyl (C=O) groups is 1. The largest absolute Gasteiger partial charge is 0.527 e. The zero-order chi connectivity index (χ0) is 40.3. The van der Waals surface area contributed by atoms with Crippen LogP contribution >= 0.6 is 15.6 Å². The van der Waals surface area contributed by atoms with Crippen molar-refractivity contribution in [1.82, 2.24) is 0 Å². The number of para-hydroxylation sites is 1. The van der Waals surface area contributed by atoms with E-state index in [1.54, 1.807) is 60.7 Å². The second-order valence-corrected chi connectivity index (χ2v) is 16.4. The Morgan fingerprint density at radius 1 is 0.714 bits per heavy atom. The van der Waals surface area contributed by atoms with Crippen LogP contribution in [0.2, 0.25) is 0 Å². The van der Waals surface area contributed by atoms with Crippen molar-refractivity contribution < 1.29 is 46.9 Å². The van der Waals surface area contributed by atoms with Gasteiger partial charge in [0.15, 0.2) is 5.75 Å². The van der Waals surface area contributed by atoms with E-state index in [2.05, 4.69) is 38.2 Å². The molecule has 1 aliphatic heterocycles. The molecule has 2 unspecified atom stereocenters. The number of allylic oxidation sites excluding steroid dienone is 5. The summed E-state index contributed by atoms with van der Waals surface area (Å²) in [5.74, 6) is -1.49. The molecule has 14 heteroatoms. The number of benzene rings is 4. The number of anilines is 3. The fourth-order valence-electron chi connectivity index (χ4n) is 5.81. The Kier molecular flexibility index (Phi) is 14.5. The predicted molar refractivity (Wildman–Crippen MR) is 218 cm³/mol. The molecule has 296 valence electrons. The Morgan fingerprint density at radius 3 is 1.89 bits per heavy atom. The predicted octanol–water partition coefficient (Wildman–Crippen LogP) is 10.9. The van der Waals surface area contributed by atoms with Crippen molar-refractivity contribution in [3.05, 3.63) is 143 Å². The zero-order valence-electron chi connectivity index (χ0n) is 31.9. The molecule has 0 aromatic heterocycles. The first-order valence-corrected chi connectivity index (χ1v) is 21.1. The quantitative estimate of drug-likeness (QED) is 0.0430. The molecule has 4 aromatic rings. The first-order valence-electron chi connectivity index (χ1n) is 18.1. The molecule has 1 heterocycles. The smallest absolute Gasteiger partial charge is 0.506 e. The molecule has 1 amide bonds. The van der Waals surface area contributed by atoms with Crippen molar-refractivity contribution in [2.24, 2.45) is 0 Å². The standard InChI is InChI=1S/C42H48N2O10P2/c1-30(2)14-11-15-31(3)16-12-17-32(4)24-25-44-37-26-35(53-55(47,48)51-28-33-18-7-5-8-19-33)27-39(54-56(49,50)52-29-34-20-9-6-10-21-34)41(37)43-40-36(42(44)46)22-13-23-38(40)45/h5-10,13-14,16,18-24,26-27,43,45H,11-12,15,17,25,28-29H2,1-4H3,(H,47,48)(H,49,50). The van der Waals surface area contributed by atoms with Gasteiger partial charge in [-0.2, -0.15) is 0 Å². The summed E-state index contributed by atoms with van der Waals surface area (Å²) >= 11 is 0. The van der Waals surface area contributed by atoms with Gasteiger partial charge in [0.2, 0.25) is 0 Å². The molecular weight excluding hydrogens is 754 g/mol. The summed E-state index contributed by atoms with van der Waals surface area (Å²) < 4.78 is 48.4. The van der Waals surface area contributed by atoms with Crippen LogP contribution in [0.1, 0.15) is 74.9 Å². The van der Waals surface area contributed by atoms with E-state index < -0.39 is 21.6 Å². The SMILES string of the molecule is CC(C)=CCCC(C)=CCCC(C)=CCN1C(=O)c2cccc(O)c2Nc2c(OP(=O)(O)OCc3ccccc3)cc(OP(=O)(O)OCc3ccccc3)cc21. The van der Waals surface area contributed by atoms with Crippen LogP contribution in [-0.4, -0.2) is 27.3 Å². The van der Waals surface area contributed by atoms with Crippen molar-refractivity contribution >= 4 is 38.6 Å². The van der Waals surface area contributed by atoms with Gasteiger partial charge in [0.05, 0.1) is 30.2 Å². The van der Waals surface area contributed by atoms with E-state index in [-0.39, 0.29) is 59.6 Å². The third-order valence-electron chi connectivity index (χ3n) is 8.77. The minimum absolute atomic E-state index is 0.0116. The number of amides is 1. The molecule has 0 saturated carbocycles. The summed E-state index contributed by atoms with van der Waals surface area (Å²) in [5, 5.41) is 13.9. The van der Waals surface area contributed by atoms with E-state index in [0.29, 0.717) is 11.1 Å². The van der Waals surface area contributed by atoms with Gasteiger partial charge in [-0.25, -0.2) is 9.13 Å². The molecule has 0 saturated heterocycles. The minimum Gasteiger partial charge on any atom is -0.506 e. The van der Waals surface area contributed by atoms with E-state index in [4.69, 9.17) is 18.1 Å². The maximum absolute atomic E-state index is 14.3. The summed E-state index contributed by atoms with van der Waals surface area (Å²) in [6.07, 6.45) is 9.78. The highest BCUT2D eigenvalue weighted by Crippen LogP contribution is 2.55. The second kappa shape index (κ2) is 19.3. The lowest BCUT2D eigenvalue weighted by atomic mass is 10.1. The van der Waals surface area contributed by atoms with Gasteiger partial charge in [-0.3, -0.25) is 23.6 Å². The summed E-state index contributed by atoms with van der Waals surface area (Å²) in [6.45, 7) is 7.72. The molecule has 0 fully saturated rings. The number of phenols is 1. The lowest BCUT2D eigenvalue weighted by Gasteiger charge is -2.25. The van der Waals surface area contributed by atoms with Gasteiger partial charge in [-0.1, -0.05) is 102 Å². The first kappa shape index (κ1) is 42.2. The Morgan fingerprint density at radius 2 is 1.29 bits per heavy atom. The number of phosphoric acid groups is 2. The van der Waals surface area contributed by atoms with Crippen molar-refractivity contribution in [1.29, 1.82) is 0 Å². The Bertz CT molecular complexity index is 2180. The number of aromatic hydroxyl groups is 1. The third kappa shape index (κ3) is 12.3. The maximum Gasteiger partial charge on any atom is 0.527 e. The topological polar surface area (TPSA) is 164 Å². The van der Waals surface area contributed by atoms with Gasteiger partial charge in [0, 0.05) is 18.7 Å². The molecule has 56 heavy (non-hydrogen) atoms. The molecule has 2 atom stereocenters. The Hall–Kier alpha value is -4.93. The average molecular weight is 803 g/mol. The second-order valence-electron chi connectivity index (χ2n) is 13.7. The molecule has 0 radical (unpaired) electrons. The third-order valence-corrected chi connectivity index (χ3v) is 10.5. The Balaban J connectivity index is 1.51. The number of rotatable bonds is 18. The molecule has 1 aliphatic rings. The van der Waals surface area contributed by atoms with Crippen molar-refractivity contribution in [2.75, 3.05) is 16.8 Å². The lowest BCUT2D eigenvalue weighted by Crippen LogP contribution is -2.30. The maximum atomic E-state index is 14.3. The molecule has 0 bridgehead atoms. The normalized spacial score (nSPS) is 15.0. The van der Waals surface area contributed by atoms with E-state index in [9.17, 15) is 28.8 Å². The van der Waals surface area contributed by atoms with Crippen molar-refractivity contribution in [3.8, 4) is 17.2 Å². The molecule has 5 rings (SSSR count). The number of phenolic OH excluding ortho intramolecular Hbond substituents is 1. The average Bonchev–Trinajstić information content (AvgIpc) is 3.27. The van der Waals surface area contributed by atoms with Gasteiger partial charge >= 0.3 is 15.6 Å². The molecule has 4 aromatic carbocycles. The molecule has 4 N–H and O–H groups in total. The van der Waals surface area contributed by atoms with Crippen LogP contribution in [-0.2, 0) is 31.4 Å². The molecule has 0 spiro atoms. The summed E-state index contributed by atoms with van der Waals surface area (Å²) in [7, 11) is -9.72. The fourth-order valence-corrected chi connectivity index (χ4v) is 7.30. The van der Waals surface area contributed by atoms with Crippen LogP contribution in [0.3, 0.4) is 0 Å². The molecule has 0 aliphatic carbocycles. The van der Waals surface area contributed by atoms with Gasteiger partial charge in [0.1, 0.15) is 17.2 Å². The summed E-state index contributed by atoms with van der Waals surface area (Å²) in [5.41, 5.74) is 4.95. The van der Waals surface area contributed by atoms with E-state index in [0.717, 1.165) is 37.3 Å². The van der Waals surface area contributed by atoms with Gasteiger partial charge in [-0.05, 0) is 76.6 Å². The highest BCUT2D eigenvalue weighted by Gasteiger charge is 2.35. The van der Waals surface area contributed by atoms with E-state index in [1.165, 1.54) is 40.3 Å². The highest BCUT2D eigenvalue weighted by atomic mass is 31.2. The van der Waals surface area contributed by atoms with Gasteiger partial charge in [0.25, 0.3) is 5.91 Å². The van der Waals surface area contributed by atoms with E-state index >= 15 is 0 Å². The zero-order valence-corrected chi connectivity index (χ0v) is 33.7. The summed E-state index contributed by atoms with van der Waals surface area (Å²) in [6, 6.07) is 24.3. The van der Waals surface area contributed by atoms with Crippen LogP contribution in [0.4, 0.5) is 17.1 Å². The van der Waals surface area contributed by atoms with Crippen LogP contribution in [0.5, 0.6) is 17.2 Å². The number of carbonyl (C=O) groups excluding carboxylic acids is 1. The first-order chi connectivity index (χ1) is 26.7. The highest BCUT2D eigenvalue weighted by molar-refractivity contribution is 7.48. The molecule has 12 nitrogen and oxygen atoms in total.